The van der Waals surface area contributed by atoms with Crippen LogP contribution in [0.15, 0.2) is 30.5 Å². The molecule has 0 saturated carbocycles. The molecule has 0 saturated heterocycles. The fourth-order valence-corrected chi connectivity index (χ4v) is 2.41. The third-order valence-electron chi connectivity index (χ3n) is 3.39. The zero-order valence-corrected chi connectivity index (χ0v) is 13.2. The number of H-pyrrole nitrogens is 1. The Morgan fingerprint density at radius 1 is 1.38 bits per heavy atom. The van der Waals surface area contributed by atoms with E-state index in [1.54, 1.807) is 6.07 Å². The Bertz CT molecular complexity index is 690. The number of aryl methyl sites for hydroxylation is 1. The predicted octanol–water partition coefficient (Wildman–Crippen LogP) is 2.86. The largest absolute Gasteiger partial charge is 0.416 e. The summed E-state index contributed by atoms with van der Waals surface area (Å²) in [6, 6.07) is 3.73. The van der Waals surface area contributed by atoms with Gasteiger partial charge in [-0.25, -0.2) is 0 Å². The number of nitrogens with zero attached hydrogens (tertiary/aromatic N) is 1. The summed E-state index contributed by atoms with van der Waals surface area (Å²) >= 11 is 5.62. The summed E-state index contributed by atoms with van der Waals surface area (Å²) in [6.07, 6.45) is -2.70. The van der Waals surface area contributed by atoms with E-state index < -0.39 is 30.3 Å². The molecular formula is C15H15ClF3N3O2. The number of nitrogens with one attached hydrogen (secondary N) is 2. The highest BCUT2D eigenvalue weighted by molar-refractivity contribution is 6.30. The van der Waals surface area contributed by atoms with Crippen LogP contribution >= 0.6 is 11.6 Å². The van der Waals surface area contributed by atoms with Gasteiger partial charge in [-0.05, 0) is 30.2 Å². The van der Waals surface area contributed by atoms with Gasteiger partial charge in [-0.15, -0.1) is 0 Å². The number of carbonyl (C=O) groups is 1. The Kier molecular flexibility index (Phi) is 5.84. The Labute approximate surface area is 140 Å². The fourth-order valence-electron chi connectivity index (χ4n) is 2.24. The van der Waals surface area contributed by atoms with Crippen LogP contribution in [0.25, 0.3) is 0 Å². The minimum Gasteiger partial charge on any atom is -0.394 e. The molecule has 1 aromatic carbocycles. The Morgan fingerprint density at radius 3 is 2.71 bits per heavy atom. The first kappa shape index (κ1) is 18.3. The average molecular weight is 362 g/mol. The van der Waals surface area contributed by atoms with E-state index in [0.29, 0.717) is 6.42 Å². The predicted molar refractivity (Wildman–Crippen MR) is 81.3 cm³/mol. The summed E-state index contributed by atoms with van der Waals surface area (Å²) in [5.41, 5.74) is -0.486. The molecule has 0 aliphatic rings. The molecule has 5 nitrogen and oxygen atoms in total. The Morgan fingerprint density at radius 2 is 2.12 bits per heavy atom. The van der Waals surface area contributed by atoms with Crippen LogP contribution in [-0.4, -0.2) is 27.8 Å². The van der Waals surface area contributed by atoms with Crippen molar-refractivity contribution in [2.45, 2.75) is 25.1 Å². The van der Waals surface area contributed by atoms with Crippen LogP contribution in [0.1, 0.15) is 29.3 Å². The van der Waals surface area contributed by atoms with Crippen molar-refractivity contribution in [3.05, 3.63) is 52.3 Å². The highest BCUT2D eigenvalue weighted by Crippen LogP contribution is 2.36. The van der Waals surface area contributed by atoms with Crippen molar-refractivity contribution in [2.75, 3.05) is 6.61 Å². The highest BCUT2D eigenvalue weighted by atomic mass is 35.5. The first-order chi connectivity index (χ1) is 11.3. The second-order valence-corrected chi connectivity index (χ2v) is 5.55. The summed E-state index contributed by atoms with van der Waals surface area (Å²) < 4.78 is 39.4. The summed E-state index contributed by atoms with van der Waals surface area (Å²) in [7, 11) is 0. The average Bonchev–Trinajstić information content (AvgIpc) is 3.03. The van der Waals surface area contributed by atoms with Gasteiger partial charge in [0.15, 0.2) is 0 Å². The van der Waals surface area contributed by atoms with Crippen molar-refractivity contribution >= 4 is 17.5 Å². The van der Waals surface area contributed by atoms with Crippen LogP contribution in [0.4, 0.5) is 13.2 Å². The van der Waals surface area contributed by atoms with Gasteiger partial charge >= 0.3 is 6.18 Å². The molecule has 1 amide bonds. The smallest absolute Gasteiger partial charge is 0.394 e. The van der Waals surface area contributed by atoms with Gasteiger partial charge < -0.3 is 10.4 Å². The van der Waals surface area contributed by atoms with Crippen LogP contribution < -0.4 is 5.32 Å². The molecule has 1 unspecified atom stereocenters. The van der Waals surface area contributed by atoms with Crippen molar-refractivity contribution in [2.24, 2.45) is 0 Å². The molecule has 24 heavy (non-hydrogen) atoms. The summed E-state index contributed by atoms with van der Waals surface area (Å²) in [5.74, 6) is -0.480. The van der Waals surface area contributed by atoms with Crippen LogP contribution in [-0.2, 0) is 17.4 Å². The molecule has 1 atom stereocenters. The molecule has 0 aliphatic carbocycles. The normalized spacial score (nSPS) is 12.9. The second-order valence-electron chi connectivity index (χ2n) is 5.11. The van der Waals surface area contributed by atoms with Gasteiger partial charge in [0.2, 0.25) is 5.91 Å². The molecular weight excluding hydrogens is 347 g/mol. The molecule has 0 fully saturated rings. The summed E-state index contributed by atoms with van der Waals surface area (Å²) in [5, 5.41) is 18.2. The van der Waals surface area contributed by atoms with Gasteiger partial charge in [0, 0.05) is 23.3 Å². The van der Waals surface area contributed by atoms with E-state index in [2.05, 4.69) is 15.5 Å². The summed E-state index contributed by atoms with van der Waals surface area (Å²) in [6.45, 7) is -0.666. The lowest BCUT2D eigenvalue weighted by molar-refractivity contribution is -0.139. The molecule has 0 radical (unpaired) electrons. The van der Waals surface area contributed by atoms with Crippen molar-refractivity contribution in [1.29, 1.82) is 0 Å². The number of hydrogen-bond donors (Lipinski definition) is 3. The lowest BCUT2D eigenvalue weighted by Crippen LogP contribution is -2.32. The standard InChI is InChI=1S/C15H15ClF3N3O2/c16-9-1-3-11(12(7-9)15(17,18)19)13(8-23)21-14(24)4-2-10-5-6-20-22-10/h1,3,5-7,13,23H,2,4,8H2,(H,20,22)(H,21,24). The number of aromatic nitrogens is 2. The van der Waals surface area contributed by atoms with Gasteiger partial charge in [0.25, 0.3) is 0 Å². The molecule has 1 heterocycles. The fraction of sp³-hybridized carbons (Fsp3) is 0.333. The van der Waals surface area contributed by atoms with Crippen LogP contribution in [0.3, 0.4) is 0 Å². The maximum absolute atomic E-state index is 13.1. The lowest BCUT2D eigenvalue weighted by atomic mass is 10.00. The molecule has 2 rings (SSSR count). The number of aliphatic hydroxyl groups excluding tert-OH is 1. The second kappa shape index (κ2) is 7.67. The topological polar surface area (TPSA) is 78.0 Å². The van der Waals surface area contributed by atoms with Gasteiger partial charge in [0.1, 0.15) is 0 Å². The SMILES string of the molecule is O=C(CCc1ccn[nH]1)NC(CO)c1ccc(Cl)cc1C(F)(F)F. The van der Waals surface area contributed by atoms with Gasteiger partial charge in [-0.2, -0.15) is 18.3 Å². The van der Waals surface area contributed by atoms with Gasteiger partial charge in [-0.3, -0.25) is 9.89 Å². The molecule has 0 aliphatic heterocycles. The molecule has 3 N–H and O–H groups in total. The number of halogens is 4. The van der Waals surface area contributed by atoms with Crippen LogP contribution in [0.5, 0.6) is 0 Å². The lowest BCUT2D eigenvalue weighted by Gasteiger charge is -2.21. The van der Waals surface area contributed by atoms with Crippen molar-refractivity contribution < 1.29 is 23.1 Å². The minimum absolute atomic E-state index is 0.0492. The van der Waals surface area contributed by atoms with E-state index in [9.17, 15) is 23.1 Å². The van der Waals surface area contributed by atoms with E-state index >= 15 is 0 Å². The van der Waals surface area contributed by atoms with E-state index in [1.165, 1.54) is 12.3 Å². The minimum atomic E-state index is -4.64. The number of amides is 1. The molecule has 1 aromatic heterocycles. The Balaban J connectivity index is 2.12. The molecule has 0 spiro atoms. The number of benzene rings is 1. The molecule has 0 bridgehead atoms. The first-order valence-electron chi connectivity index (χ1n) is 7.06. The quantitative estimate of drug-likeness (QED) is 0.740. The van der Waals surface area contributed by atoms with Gasteiger partial charge in [-0.1, -0.05) is 17.7 Å². The van der Waals surface area contributed by atoms with Crippen LogP contribution in [0.2, 0.25) is 5.02 Å². The van der Waals surface area contributed by atoms with Crippen molar-refractivity contribution in [1.82, 2.24) is 15.5 Å². The highest BCUT2D eigenvalue weighted by Gasteiger charge is 2.35. The maximum Gasteiger partial charge on any atom is 0.416 e. The molecule has 130 valence electrons. The number of carbonyl (C=O) groups excluding carboxylic acids is 1. The molecule has 9 heteroatoms. The van der Waals surface area contributed by atoms with Gasteiger partial charge in [0.05, 0.1) is 18.2 Å². The van der Waals surface area contributed by atoms with E-state index in [0.717, 1.165) is 17.8 Å². The van der Waals surface area contributed by atoms with E-state index in [1.807, 2.05) is 0 Å². The maximum atomic E-state index is 13.1. The van der Waals surface area contributed by atoms with Crippen molar-refractivity contribution in [3.8, 4) is 0 Å². The Hall–Kier alpha value is -2.06. The number of aromatic amines is 1. The number of alkyl halides is 3. The zero-order chi connectivity index (χ0) is 17.7. The van der Waals surface area contributed by atoms with Crippen LogP contribution in [0, 0.1) is 0 Å². The first-order valence-corrected chi connectivity index (χ1v) is 7.44. The number of rotatable bonds is 6. The summed E-state index contributed by atoms with van der Waals surface area (Å²) in [4.78, 5) is 11.9. The third-order valence-corrected chi connectivity index (χ3v) is 3.63. The van der Waals surface area contributed by atoms with Crippen molar-refractivity contribution in [3.63, 3.8) is 0 Å². The molecule has 2 aromatic rings. The number of hydrogen-bond acceptors (Lipinski definition) is 3. The zero-order valence-electron chi connectivity index (χ0n) is 12.4. The monoisotopic (exact) mass is 361 g/mol. The van der Waals surface area contributed by atoms with E-state index in [-0.39, 0.29) is 17.0 Å². The van der Waals surface area contributed by atoms with E-state index in [4.69, 9.17) is 11.6 Å². The number of aliphatic hydroxyl groups is 1. The third kappa shape index (κ3) is 4.72.